The molecule has 0 aromatic carbocycles. The lowest BCUT2D eigenvalue weighted by molar-refractivity contribution is -0.0865. The van der Waals surface area contributed by atoms with E-state index >= 15 is 0 Å². The van der Waals surface area contributed by atoms with E-state index in [2.05, 4.69) is 10.3 Å². The Balaban J connectivity index is 1.96. The van der Waals surface area contributed by atoms with Crippen LogP contribution in [0.5, 0.6) is 0 Å². The topological polar surface area (TPSA) is 24.4 Å². The lowest BCUT2D eigenvalue weighted by Crippen LogP contribution is -2.43. The van der Waals surface area contributed by atoms with E-state index < -0.39 is 24.1 Å². The van der Waals surface area contributed by atoms with Crippen LogP contribution in [0.25, 0.3) is 0 Å². The van der Waals surface area contributed by atoms with E-state index in [-0.39, 0.29) is 6.04 Å². The van der Waals surface area contributed by atoms with Crippen molar-refractivity contribution in [1.82, 2.24) is 5.32 Å². The number of halogens is 4. The monoisotopic (exact) mass is 250 g/mol. The number of dihydropyridines is 1. The van der Waals surface area contributed by atoms with Gasteiger partial charge in [-0.25, -0.2) is 4.39 Å². The van der Waals surface area contributed by atoms with Gasteiger partial charge in [-0.3, -0.25) is 10.3 Å². The summed E-state index contributed by atoms with van der Waals surface area (Å²) in [5, 5.41) is 2.95. The highest BCUT2D eigenvalue weighted by Gasteiger charge is 2.37. The van der Waals surface area contributed by atoms with Gasteiger partial charge in [0.15, 0.2) is 6.17 Å². The van der Waals surface area contributed by atoms with Crippen LogP contribution in [-0.4, -0.2) is 30.8 Å². The Morgan fingerprint density at radius 3 is 2.41 bits per heavy atom. The molecule has 17 heavy (non-hydrogen) atoms. The van der Waals surface area contributed by atoms with Crippen molar-refractivity contribution in [1.29, 1.82) is 0 Å². The fourth-order valence-electron chi connectivity index (χ4n) is 2.19. The maximum Gasteiger partial charge on any atom is 0.417 e. The lowest BCUT2D eigenvalue weighted by atomic mass is 10.1. The summed E-state index contributed by atoms with van der Waals surface area (Å²) in [6.07, 6.45) is -1.76. The molecule has 1 N–H and O–H groups in total. The normalized spacial score (nSPS) is 30.7. The molecule has 96 valence electrons. The Morgan fingerprint density at radius 1 is 1.24 bits per heavy atom. The van der Waals surface area contributed by atoms with Gasteiger partial charge in [0.05, 0.1) is 5.57 Å². The molecule has 6 heteroatoms. The maximum absolute atomic E-state index is 13.5. The summed E-state index contributed by atoms with van der Waals surface area (Å²) in [4.78, 5) is 3.62. The Kier molecular flexibility index (Phi) is 3.51. The van der Waals surface area contributed by atoms with Crippen molar-refractivity contribution in [2.45, 2.75) is 50.2 Å². The second kappa shape index (κ2) is 4.76. The molecule has 2 atom stereocenters. The van der Waals surface area contributed by atoms with Gasteiger partial charge in [0.2, 0.25) is 0 Å². The quantitative estimate of drug-likeness (QED) is 0.749. The maximum atomic E-state index is 13.5. The Morgan fingerprint density at radius 2 is 1.88 bits per heavy atom. The van der Waals surface area contributed by atoms with Crippen LogP contribution in [0.4, 0.5) is 17.6 Å². The van der Waals surface area contributed by atoms with Crippen molar-refractivity contribution in [2.75, 3.05) is 0 Å². The molecule has 0 spiro atoms. The fraction of sp³-hybridized carbons (Fsp3) is 0.727. The number of alkyl halides is 4. The summed E-state index contributed by atoms with van der Waals surface area (Å²) in [5.74, 6) is 0. The molecule has 1 saturated carbocycles. The SMILES string of the molecule is FC1C=C(C(F)(F)F)C=NC1NC1CCCC1. The van der Waals surface area contributed by atoms with E-state index in [0.29, 0.717) is 12.3 Å². The van der Waals surface area contributed by atoms with E-state index in [0.717, 1.165) is 25.7 Å². The summed E-state index contributed by atoms with van der Waals surface area (Å²) in [6.45, 7) is 0. The number of nitrogens with zero attached hydrogens (tertiary/aromatic N) is 1. The molecule has 0 aromatic rings. The summed E-state index contributed by atoms with van der Waals surface area (Å²) in [6, 6.07) is 0.177. The van der Waals surface area contributed by atoms with Gasteiger partial charge >= 0.3 is 6.18 Å². The molecule has 2 unspecified atom stereocenters. The molecule has 0 aromatic heterocycles. The highest BCUT2D eigenvalue weighted by atomic mass is 19.4. The van der Waals surface area contributed by atoms with Crippen molar-refractivity contribution in [3.63, 3.8) is 0 Å². The van der Waals surface area contributed by atoms with Crippen molar-refractivity contribution in [3.05, 3.63) is 11.6 Å². The standard InChI is InChI=1S/C11H14F4N2/c12-9-5-7(11(13,14)15)6-16-10(9)17-8-3-1-2-4-8/h5-6,8-10,17H,1-4H2. The van der Waals surface area contributed by atoms with Gasteiger partial charge in [-0.15, -0.1) is 0 Å². The van der Waals surface area contributed by atoms with Crippen molar-refractivity contribution in [2.24, 2.45) is 4.99 Å². The third-order valence-electron chi connectivity index (χ3n) is 3.10. The van der Waals surface area contributed by atoms with Gasteiger partial charge in [0.1, 0.15) is 6.17 Å². The first kappa shape index (κ1) is 12.5. The summed E-state index contributed by atoms with van der Waals surface area (Å²) in [5.41, 5.74) is -1.01. The molecule has 0 bridgehead atoms. The van der Waals surface area contributed by atoms with Crippen LogP contribution in [0.1, 0.15) is 25.7 Å². The summed E-state index contributed by atoms with van der Waals surface area (Å²) in [7, 11) is 0. The molecule has 0 saturated heterocycles. The van der Waals surface area contributed by atoms with Crippen molar-refractivity contribution < 1.29 is 17.6 Å². The first-order valence-electron chi connectivity index (χ1n) is 5.69. The third kappa shape index (κ3) is 3.06. The van der Waals surface area contributed by atoms with Gasteiger partial charge in [0.25, 0.3) is 0 Å². The van der Waals surface area contributed by atoms with Crippen LogP contribution in [0.2, 0.25) is 0 Å². The first-order chi connectivity index (χ1) is 7.97. The van der Waals surface area contributed by atoms with Crippen LogP contribution in [0.15, 0.2) is 16.6 Å². The van der Waals surface area contributed by atoms with Gasteiger partial charge in [-0.05, 0) is 18.9 Å². The largest absolute Gasteiger partial charge is 0.417 e. The molecule has 2 nitrogen and oxygen atoms in total. The average Bonchev–Trinajstić information content (AvgIpc) is 2.72. The van der Waals surface area contributed by atoms with E-state index in [4.69, 9.17) is 0 Å². The number of hydrogen-bond donors (Lipinski definition) is 1. The minimum atomic E-state index is -4.52. The van der Waals surface area contributed by atoms with Crippen molar-refractivity contribution >= 4 is 6.21 Å². The number of nitrogens with one attached hydrogen (secondary N) is 1. The van der Waals surface area contributed by atoms with Crippen LogP contribution >= 0.6 is 0 Å². The predicted octanol–water partition coefficient (Wildman–Crippen LogP) is 2.76. The minimum Gasteiger partial charge on any atom is -0.290 e. The summed E-state index contributed by atoms with van der Waals surface area (Å²) < 4.78 is 50.4. The highest BCUT2D eigenvalue weighted by Crippen LogP contribution is 2.28. The van der Waals surface area contributed by atoms with Crippen molar-refractivity contribution in [3.8, 4) is 0 Å². The molecule has 1 aliphatic heterocycles. The zero-order valence-corrected chi connectivity index (χ0v) is 9.17. The fourth-order valence-corrected chi connectivity index (χ4v) is 2.19. The minimum absolute atomic E-state index is 0.177. The number of allylic oxidation sites excluding steroid dienone is 1. The second-order valence-corrected chi connectivity index (χ2v) is 4.44. The average molecular weight is 250 g/mol. The number of hydrogen-bond acceptors (Lipinski definition) is 2. The van der Waals surface area contributed by atoms with Gasteiger partial charge in [0, 0.05) is 12.3 Å². The van der Waals surface area contributed by atoms with Gasteiger partial charge < -0.3 is 0 Å². The van der Waals surface area contributed by atoms with E-state index in [9.17, 15) is 17.6 Å². The predicted molar refractivity (Wildman–Crippen MR) is 56.7 cm³/mol. The number of rotatable bonds is 2. The molecule has 1 heterocycles. The third-order valence-corrected chi connectivity index (χ3v) is 3.10. The number of aliphatic imine (C=N–C) groups is 1. The van der Waals surface area contributed by atoms with E-state index in [1.807, 2.05) is 0 Å². The molecule has 1 aliphatic carbocycles. The van der Waals surface area contributed by atoms with Crippen LogP contribution in [0, 0.1) is 0 Å². The molecule has 0 amide bonds. The first-order valence-corrected chi connectivity index (χ1v) is 5.69. The van der Waals surface area contributed by atoms with Gasteiger partial charge in [-0.1, -0.05) is 12.8 Å². The van der Waals surface area contributed by atoms with Crippen LogP contribution in [0.3, 0.4) is 0 Å². The Hall–Kier alpha value is -0.910. The Labute approximate surface area is 96.8 Å². The van der Waals surface area contributed by atoms with Gasteiger partial charge in [-0.2, -0.15) is 13.2 Å². The summed E-state index contributed by atoms with van der Waals surface area (Å²) >= 11 is 0. The lowest BCUT2D eigenvalue weighted by Gasteiger charge is -2.24. The molecule has 2 rings (SSSR count). The molecule has 0 radical (unpaired) electrons. The van der Waals surface area contributed by atoms with Crippen LogP contribution < -0.4 is 5.32 Å². The highest BCUT2D eigenvalue weighted by molar-refractivity contribution is 5.81. The van der Waals surface area contributed by atoms with E-state index in [1.54, 1.807) is 0 Å². The molecule has 1 fully saturated rings. The second-order valence-electron chi connectivity index (χ2n) is 4.44. The smallest absolute Gasteiger partial charge is 0.290 e. The van der Waals surface area contributed by atoms with Crippen LogP contribution in [-0.2, 0) is 0 Å². The molecular formula is C11H14F4N2. The zero-order valence-electron chi connectivity index (χ0n) is 9.17. The zero-order chi connectivity index (χ0) is 12.5. The Bertz CT molecular complexity index is 329. The van der Waals surface area contributed by atoms with E-state index in [1.165, 1.54) is 0 Å². The molecular weight excluding hydrogens is 236 g/mol. The molecule has 2 aliphatic rings.